The highest BCUT2D eigenvalue weighted by Gasteiger charge is 2.33. The molecule has 0 radical (unpaired) electrons. The van der Waals surface area contributed by atoms with Crippen LogP contribution in [0.5, 0.6) is 5.75 Å². The van der Waals surface area contributed by atoms with Crippen LogP contribution < -0.4 is 4.74 Å². The number of rotatable bonds is 8. The maximum absolute atomic E-state index is 13.4. The van der Waals surface area contributed by atoms with Gasteiger partial charge in [0.2, 0.25) is 0 Å². The molecule has 0 amide bonds. The Morgan fingerprint density at radius 2 is 1.87 bits per heavy atom. The van der Waals surface area contributed by atoms with Crippen molar-refractivity contribution in [1.29, 1.82) is 0 Å². The number of allylic oxidation sites excluding steroid dienone is 1. The number of halogens is 3. The molecule has 160 valence electrons. The van der Waals surface area contributed by atoms with Crippen LogP contribution in [0.1, 0.15) is 47.9 Å². The van der Waals surface area contributed by atoms with Gasteiger partial charge in [0.05, 0.1) is 5.56 Å². The van der Waals surface area contributed by atoms with E-state index in [0.29, 0.717) is 0 Å². The quantitative estimate of drug-likeness (QED) is 0.525. The first kappa shape index (κ1) is 21.9. The monoisotopic (exact) mass is 418 g/mol. The summed E-state index contributed by atoms with van der Waals surface area (Å²) >= 11 is 0. The SMILES string of the molecule is Cc1cccc(CC2=C(COc3ccc(CCC(=O)O)c(C(F)(F)F)c3)CCC2)c1. The van der Waals surface area contributed by atoms with Gasteiger partial charge in [-0.1, -0.05) is 41.5 Å². The Hall–Kier alpha value is -2.76. The number of benzene rings is 2. The molecule has 1 aliphatic carbocycles. The second-order valence-electron chi connectivity index (χ2n) is 7.73. The number of ether oxygens (including phenoxy) is 1. The average molecular weight is 418 g/mol. The molecule has 6 heteroatoms. The third-order valence-corrected chi connectivity index (χ3v) is 5.37. The summed E-state index contributed by atoms with van der Waals surface area (Å²) in [6, 6.07) is 12.1. The summed E-state index contributed by atoms with van der Waals surface area (Å²) in [5.41, 5.74) is 4.02. The van der Waals surface area contributed by atoms with Crippen molar-refractivity contribution >= 4 is 5.97 Å². The van der Waals surface area contributed by atoms with E-state index in [1.165, 1.54) is 28.8 Å². The minimum Gasteiger partial charge on any atom is -0.489 e. The first-order valence-corrected chi connectivity index (χ1v) is 10.0. The second kappa shape index (κ2) is 9.37. The molecule has 0 heterocycles. The molecule has 0 saturated heterocycles. The molecule has 0 atom stereocenters. The van der Waals surface area contributed by atoms with Crippen LogP contribution in [0.25, 0.3) is 0 Å². The first-order valence-electron chi connectivity index (χ1n) is 10.0. The van der Waals surface area contributed by atoms with E-state index in [1.54, 1.807) is 0 Å². The lowest BCUT2D eigenvalue weighted by molar-refractivity contribution is -0.140. The highest BCUT2D eigenvalue weighted by molar-refractivity contribution is 5.67. The number of aliphatic carboxylic acids is 1. The van der Waals surface area contributed by atoms with Gasteiger partial charge in [0, 0.05) is 6.42 Å². The van der Waals surface area contributed by atoms with Crippen molar-refractivity contribution in [3.63, 3.8) is 0 Å². The van der Waals surface area contributed by atoms with Crippen molar-refractivity contribution in [1.82, 2.24) is 0 Å². The van der Waals surface area contributed by atoms with Crippen molar-refractivity contribution in [2.75, 3.05) is 6.61 Å². The minimum atomic E-state index is -4.56. The number of alkyl halides is 3. The van der Waals surface area contributed by atoms with Crippen LogP contribution in [-0.4, -0.2) is 17.7 Å². The number of aryl methyl sites for hydroxylation is 2. The summed E-state index contributed by atoms with van der Waals surface area (Å²) in [4.78, 5) is 10.7. The summed E-state index contributed by atoms with van der Waals surface area (Å²) in [6.45, 7) is 2.32. The summed E-state index contributed by atoms with van der Waals surface area (Å²) in [7, 11) is 0. The lowest BCUT2D eigenvalue weighted by atomic mass is 10.0. The third kappa shape index (κ3) is 5.88. The van der Waals surface area contributed by atoms with Crippen LogP contribution in [0, 0.1) is 6.92 Å². The lowest BCUT2D eigenvalue weighted by Crippen LogP contribution is -2.11. The Morgan fingerprint density at radius 1 is 1.10 bits per heavy atom. The molecule has 0 fully saturated rings. The standard InChI is InChI=1S/C24H25F3O3/c1-16-4-2-5-17(12-16)13-19-6-3-7-20(19)15-30-21-10-8-18(9-11-23(28)29)22(14-21)24(25,26)27/h2,4-5,8,10,12,14H,3,6-7,9,11,13,15H2,1H3,(H,28,29). The van der Waals surface area contributed by atoms with Crippen LogP contribution in [0.2, 0.25) is 0 Å². The number of hydrogen-bond donors (Lipinski definition) is 1. The van der Waals surface area contributed by atoms with Crippen LogP contribution in [0.4, 0.5) is 13.2 Å². The summed E-state index contributed by atoms with van der Waals surface area (Å²) in [5, 5.41) is 8.76. The average Bonchev–Trinajstić information content (AvgIpc) is 3.11. The highest BCUT2D eigenvalue weighted by atomic mass is 19.4. The van der Waals surface area contributed by atoms with Gasteiger partial charge in [-0.15, -0.1) is 0 Å². The Kier molecular flexibility index (Phi) is 6.85. The van der Waals surface area contributed by atoms with Crippen molar-refractivity contribution in [2.24, 2.45) is 0 Å². The number of carbonyl (C=O) groups is 1. The predicted octanol–water partition coefficient (Wildman–Crippen LogP) is 6.13. The molecular formula is C24H25F3O3. The molecule has 0 aromatic heterocycles. The molecular weight excluding hydrogens is 393 g/mol. The van der Waals surface area contributed by atoms with E-state index < -0.39 is 17.7 Å². The molecule has 2 aromatic carbocycles. The molecule has 1 aliphatic rings. The smallest absolute Gasteiger partial charge is 0.416 e. The molecule has 0 saturated carbocycles. The molecule has 3 nitrogen and oxygen atoms in total. The molecule has 0 spiro atoms. The molecule has 0 bridgehead atoms. The summed E-state index contributed by atoms with van der Waals surface area (Å²) < 4.78 is 46.0. The fourth-order valence-electron chi connectivity index (χ4n) is 3.86. The van der Waals surface area contributed by atoms with E-state index >= 15 is 0 Å². The van der Waals surface area contributed by atoms with Crippen LogP contribution >= 0.6 is 0 Å². The highest BCUT2D eigenvalue weighted by Crippen LogP contribution is 2.36. The minimum absolute atomic E-state index is 0.0301. The van der Waals surface area contributed by atoms with E-state index in [0.717, 1.165) is 37.3 Å². The van der Waals surface area contributed by atoms with E-state index in [2.05, 4.69) is 25.1 Å². The van der Waals surface area contributed by atoms with Crippen molar-refractivity contribution in [3.8, 4) is 5.75 Å². The molecule has 2 aromatic rings. The van der Waals surface area contributed by atoms with Crippen molar-refractivity contribution in [3.05, 3.63) is 75.9 Å². The van der Waals surface area contributed by atoms with Crippen LogP contribution in [0.15, 0.2) is 53.6 Å². The zero-order valence-corrected chi connectivity index (χ0v) is 16.9. The van der Waals surface area contributed by atoms with Gasteiger partial charge < -0.3 is 9.84 Å². The zero-order chi connectivity index (χ0) is 21.7. The lowest BCUT2D eigenvalue weighted by Gasteiger charge is -2.15. The number of hydrogen-bond acceptors (Lipinski definition) is 2. The largest absolute Gasteiger partial charge is 0.489 e. The van der Waals surface area contributed by atoms with Crippen LogP contribution in [0.3, 0.4) is 0 Å². The summed E-state index contributed by atoms with van der Waals surface area (Å²) in [6.07, 6.45) is -1.34. The van der Waals surface area contributed by atoms with Gasteiger partial charge >= 0.3 is 12.1 Å². The topological polar surface area (TPSA) is 46.5 Å². The maximum atomic E-state index is 13.4. The fraction of sp³-hybridized carbons (Fsp3) is 0.375. The zero-order valence-electron chi connectivity index (χ0n) is 16.9. The Labute approximate surface area is 174 Å². The molecule has 0 aliphatic heterocycles. The molecule has 30 heavy (non-hydrogen) atoms. The van der Waals surface area contributed by atoms with Gasteiger partial charge in [-0.3, -0.25) is 4.79 Å². The third-order valence-electron chi connectivity index (χ3n) is 5.37. The predicted molar refractivity (Wildman–Crippen MR) is 109 cm³/mol. The van der Waals surface area contributed by atoms with Gasteiger partial charge in [0.25, 0.3) is 0 Å². The molecule has 0 unspecified atom stereocenters. The van der Waals surface area contributed by atoms with E-state index in [1.807, 2.05) is 6.07 Å². The normalized spacial score (nSPS) is 14.3. The summed E-state index contributed by atoms with van der Waals surface area (Å²) in [5.74, 6) is -0.978. The number of carboxylic acids is 1. The Bertz CT molecular complexity index is 945. The van der Waals surface area contributed by atoms with E-state index in [4.69, 9.17) is 9.84 Å². The van der Waals surface area contributed by atoms with E-state index in [9.17, 15) is 18.0 Å². The second-order valence-corrected chi connectivity index (χ2v) is 7.73. The van der Waals surface area contributed by atoms with Crippen molar-refractivity contribution < 1.29 is 27.8 Å². The van der Waals surface area contributed by atoms with Gasteiger partial charge in [-0.2, -0.15) is 13.2 Å². The molecule has 1 N–H and O–H groups in total. The van der Waals surface area contributed by atoms with Gasteiger partial charge in [0.1, 0.15) is 12.4 Å². The first-order chi connectivity index (χ1) is 14.2. The van der Waals surface area contributed by atoms with Crippen LogP contribution in [-0.2, 0) is 23.8 Å². The maximum Gasteiger partial charge on any atom is 0.416 e. The Morgan fingerprint density at radius 3 is 2.57 bits per heavy atom. The van der Waals surface area contributed by atoms with E-state index in [-0.39, 0.29) is 30.8 Å². The van der Waals surface area contributed by atoms with Gasteiger partial charge in [0.15, 0.2) is 0 Å². The number of carboxylic acid groups (broad SMARTS) is 1. The van der Waals surface area contributed by atoms with Gasteiger partial charge in [-0.25, -0.2) is 0 Å². The Balaban J connectivity index is 1.73. The van der Waals surface area contributed by atoms with Gasteiger partial charge in [-0.05, 0) is 67.9 Å². The van der Waals surface area contributed by atoms with Crippen molar-refractivity contribution in [2.45, 2.75) is 51.6 Å². The molecule has 3 rings (SSSR count). The fourth-order valence-corrected chi connectivity index (χ4v) is 3.86.